The molecule has 9 heteroatoms. The number of carbonyl (C=O) groups is 3. The molecule has 0 aliphatic heterocycles. The Morgan fingerprint density at radius 2 is 0.944 bits per heavy atom. The minimum Gasteiger partial charge on any atom is -0.497 e. The van der Waals surface area contributed by atoms with Crippen LogP contribution in [-0.4, -0.2) is 58.4 Å². The van der Waals surface area contributed by atoms with Crippen LogP contribution in [0, 0.1) is 0 Å². The van der Waals surface area contributed by atoms with E-state index in [9.17, 15) is 14.4 Å². The van der Waals surface area contributed by atoms with E-state index in [0.717, 1.165) is 16.2 Å². The Labute approximate surface area is 347 Å². The molecule has 6 aromatic rings. The molecule has 54 heavy (non-hydrogen) atoms. The first-order valence-corrected chi connectivity index (χ1v) is 16.1. The van der Waals surface area contributed by atoms with Gasteiger partial charge in [0.05, 0.1) is 29.4 Å². The summed E-state index contributed by atoms with van der Waals surface area (Å²) in [7, 11) is -3.72. The number of fused-ring (bicyclic) bond motifs is 3. The third-order valence-corrected chi connectivity index (χ3v) is 7.70. The molecule has 0 aliphatic carbocycles. The molecule has 0 heterocycles. The highest BCUT2D eigenvalue weighted by Crippen LogP contribution is 2.26. The second-order valence-corrected chi connectivity index (χ2v) is 11.2. The summed E-state index contributed by atoms with van der Waals surface area (Å²) in [4.78, 5) is 34.5. The van der Waals surface area contributed by atoms with E-state index in [1.807, 2.05) is 22.8 Å². The molecule has 0 unspecified atom stereocenters. The normalized spacial score (nSPS) is 18.1. The average molecular weight is 751 g/mol. The van der Waals surface area contributed by atoms with Crippen LogP contribution in [0.3, 0.4) is 0 Å². The number of hydrogen-bond acceptors (Lipinski definition) is 6. The van der Waals surface area contributed by atoms with E-state index in [1.165, 1.54) is 30.3 Å². The van der Waals surface area contributed by atoms with Crippen LogP contribution in [0.25, 0.3) is 32.3 Å². The standard InChI is InChI=1S/3C15H17NO2/c3*1-11(17)16-9-8-13-5-3-4-12-6-7-14(18-2)10-15(12)13/h3*3-7,10H,8-9H2,1-2H3,(H,16,17)/i1D3,2D3,9D2;1D3,2D3,8D2;1D3,9D2. The van der Waals surface area contributed by atoms with Crippen molar-refractivity contribution >= 4 is 50.0 Å². The SMILES string of the molecule is [2H]C([2H])(Cc1cccc2ccc(OC([2H])([2H])[2H])cc12)NC(=O)C([2H])([2H])[2H].[2H]C([2H])(Cc1cccc2ccc(OC)cc12)NC(=O)C([2H])([2H])[2H].[2H]C([2H])([2H])Oc1ccc2cccc(C([2H])([2H])CNC(=O)C([2H])([2H])[2H])c2c1. The van der Waals surface area contributed by atoms with Crippen molar-refractivity contribution in [3.63, 3.8) is 0 Å². The molecule has 0 bridgehead atoms. The van der Waals surface area contributed by atoms with Gasteiger partial charge >= 0.3 is 0 Å². The van der Waals surface area contributed by atoms with Crippen molar-refractivity contribution < 1.29 is 57.4 Å². The fourth-order valence-corrected chi connectivity index (χ4v) is 5.26. The number of rotatable bonds is 12. The zero-order valence-electron chi connectivity index (χ0n) is 50.0. The van der Waals surface area contributed by atoms with Gasteiger partial charge in [-0.3, -0.25) is 14.4 Å². The van der Waals surface area contributed by atoms with Crippen LogP contribution in [0.4, 0.5) is 0 Å². The van der Waals surface area contributed by atoms with Crippen LogP contribution in [0.15, 0.2) is 109 Å². The zero-order valence-corrected chi connectivity index (χ0v) is 29.0. The highest BCUT2D eigenvalue weighted by atomic mass is 16.5. The van der Waals surface area contributed by atoms with E-state index in [1.54, 1.807) is 73.8 Å². The van der Waals surface area contributed by atoms with Gasteiger partial charge in [0.1, 0.15) is 17.2 Å². The summed E-state index contributed by atoms with van der Waals surface area (Å²) >= 11 is 0. The Kier molecular flexibility index (Phi) is 7.86. The third kappa shape index (κ3) is 12.3. The van der Waals surface area contributed by atoms with Crippen LogP contribution < -0.4 is 30.2 Å². The summed E-state index contributed by atoms with van der Waals surface area (Å²) in [5.74, 6) is -3.15. The van der Waals surface area contributed by atoms with E-state index in [2.05, 4.69) is 5.32 Å². The van der Waals surface area contributed by atoms with Gasteiger partial charge in [-0.15, -0.1) is 0 Å². The minimum absolute atomic E-state index is 0.0484. The van der Waals surface area contributed by atoms with Gasteiger partial charge < -0.3 is 30.2 Å². The summed E-state index contributed by atoms with van der Waals surface area (Å²) in [6.45, 7) is -13.7. The Bertz CT molecular complexity index is 2990. The quantitative estimate of drug-likeness (QED) is 0.119. The van der Waals surface area contributed by atoms with Crippen LogP contribution in [0.2, 0.25) is 0 Å². The second-order valence-electron chi connectivity index (χ2n) is 11.2. The topological polar surface area (TPSA) is 115 Å². The van der Waals surface area contributed by atoms with E-state index in [4.69, 9.17) is 43.0 Å². The van der Waals surface area contributed by atoms with E-state index >= 15 is 0 Å². The fourth-order valence-electron chi connectivity index (χ4n) is 5.26. The van der Waals surface area contributed by atoms with Crippen molar-refractivity contribution in [3.8, 4) is 17.2 Å². The fraction of sp³-hybridized carbons (Fsp3) is 0.267. The molecule has 0 fully saturated rings. The first kappa shape index (κ1) is 20.4. The van der Waals surface area contributed by atoms with Crippen molar-refractivity contribution in [3.05, 3.63) is 126 Å². The third-order valence-electron chi connectivity index (χ3n) is 7.70. The molecule has 6 rings (SSSR count). The van der Waals surface area contributed by atoms with Gasteiger partial charge in [-0.1, -0.05) is 72.8 Å². The molecule has 3 amide bonds. The molecule has 6 aromatic carbocycles. The molecule has 282 valence electrons. The predicted molar refractivity (Wildman–Crippen MR) is 219 cm³/mol. The first-order valence-electron chi connectivity index (χ1n) is 26.6. The lowest BCUT2D eigenvalue weighted by atomic mass is 10.0. The summed E-state index contributed by atoms with van der Waals surface area (Å²) in [5.41, 5.74) is 1.29. The lowest BCUT2D eigenvalue weighted by molar-refractivity contribution is -0.119. The average Bonchev–Trinajstić information content (AvgIpc) is 3.26. The van der Waals surface area contributed by atoms with Crippen molar-refractivity contribution in [1.29, 1.82) is 0 Å². The zero-order chi connectivity index (χ0) is 56.8. The molecule has 9 nitrogen and oxygen atoms in total. The number of benzene rings is 6. The van der Waals surface area contributed by atoms with Gasteiger partial charge in [-0.25, -0.2) is 0 Å². The maximum Gasteiger partial charge on any atom is 0.216 e. The number of amides is 3. The van der Waals surface area contributed by atoms with Crippen molar-refractivity contribution in [2.24, 2.45) is 0 Å². The van der Waals surface area contributed by atoms with Crippen LogP contribution in [0.1, 0.15) is 66.0 Å². The molecule has 0 radical (unpaired) electrons. The minimum atomic E-state index is -2.95. The van der Waals surface area contributed by atoms with E-state index < -0.39 is 78.3 Å². The van der Waals surface area contributed by atoms with Gasteiger partial charge in [0.2, 0.25) is 17.7 Å². The van der Waals surface area contributed by atoms with Crippen LogP contribution in [0.5, 0.6) is 17.2 Å². The summed E-state index contributed by atoms with van der Waals surface area (Å²) in [6.07, 6.45) is -2.54. The van der Waals surface area contributed by atoms with E-state index in [-0.39, 0.29) is 29.9 Å². The maximum absolute atomic E-state index is 11.5. The first-order chi connectivity index (χ1) is 34.2. The molecule has 0 saturated heterocycles. The van der Waals surface area contributed by atoms with Gasteiger partial charge in [0, 0.05) is 60.7 Å². The Morgan fingerprint density at radius 1 is 0.537 bits per heavy atom. The summed E-state index contributed by atoms with van der Waals surface area (Å²) < 4.78 is 169. The molecular weight excluding hydrogens is 679 g/mol. The molecule has 3 N–H and O–H groups in total. The molecule has 0 aromatic heterocycles. The van der Waals surface area contributed by atoms with Crippen molar-refractivity contribution in [1.82, 2.24) is 16.0 Å². The number of aryl methyl sites for hydroxylation is 2. The number of ether oxygens (including phenoxy) is 3. The highest BCUT2D eigenvalue weighted by Gasteiger charge is 2.06. The maximum atomic E-state index is 11.5. The number of nitrogens with one attached hydrogen (secondary N) is 3. The molecule has 0 aliphatic rings. The number of methoxy groups -OCH3 is 3. The van der Waals surface area contributed by atoms with Crippen LogP contribution in [-0.2, 0) is 33.6 Å². The van der Waals surface area contributed by atoms with Gasteiger partial charge in [0.25, 0.3) is 0 Å². The number of carbonyl (C=O) groups excluding carboxylic acids is 3. The molecule has 0 saturated carbocycles. The lowest BCUT2D eigenvalue weighted by Crippen LogP contribution is -2.22. The smallest absolute Gasteiger partial charge is 0.216 e. The number of hydrogen-bond donors (Lipinski definition) is 3. The van der Waals surface area contributed by atoms with Crippen molar-refractivity contribution in [2.45, 2.75) is 39.8 Å². The highest BCUT2D eigenvalue weighted by molar-refractivity contribution is 5.89. The predicted octanol–water partition coefficient (Wildman–Crippen LogP) is 7.58. The summed E-state index contributed by atoms with van der Waals surface area (Å²) in [6, 6.07) is 29.8. The van der Waals surface area contributed by atoms with Gasteiger partial charge in [-0.2, -0.15) is 0 Å². The monoisotopic (exact) mass is 751 g/mol. The van der Waals surface area contributed by atoms with Gasteiger partial charge in [0.15, 0.2) is 0 Å². The summed E-state index contributed by atoms with van der Waals surface area (Å²) in [5, 5.41) is 9.90. The Morgan fingerprint density at radius 3 is 1.37 bits per heavy atom. The molecule has 0 atom stereocenters. The van der Waals surface area contributed by atoms with E-state index in [0.29, 0.717) is 33.0 Å². The molecule has 0 spiro atoms. The largest absolute Gasteiger partial charge is 0.497 e. The Hall–Kier alpha value is -6.09. The van der Waals surface area contributed by atoms with Crippen molar-refractivity contribution in [2.75, 3.05) is 40.7 Å². The molecular formula is C45H51N3O6. The second kappa shape index (κ2) is 20.8. The van der Waals surface area contributed by atoms with Crippen LogP contribution >= 0.6 is 0 Å². The lowest BCUT2D eigenvalue weighted by Gasteiger charge is -2.08. The van der Waals surface area contributed by atoms with Gasteiger partial charge in [-0.05, 0) is 105 Å². The Balaban J connectivity index is 0.000000244.